The summed E-state index contributed by atoms with van der Waals surface area (Å²) in [6.07, 6.45) is 0. The van der Waals surface area contributed by atoms with Gasteiger partial charge in [0, 0.05) is 11.9 Å². The number of aliphatic imine (C=N–C) groups is 1. The molecule has 2 aromatic rings. The molecular formula is C14H18N4S. The Morgan fingerprint density at radius 1 is 1.26 bits per heavy atom. The molecule has 5 heteroatoms. The van der Waals surface area contributed by atoms with E-state index in [9.17, 15) is 0 Å². The van der Waals surface area contributed by atoms with Crippen LogP contribution in [0.25, 0.3) is 0 Å². The number of nitrogens with two attached hydrogens (primary N) is 1. The molecule has 0 saturated heterocycles. The third-order valence-corrected chi connectivity index (χ3v) is 4.03. The minimum absolute atomic E-state index is 0.221. The predicted molar refractivity (Wildman–Crippen MR) is 81.4 cm³/mol. The number of hydrogen-bond donors (Lipinski definition) is 2. The summed E-state index contributed by atoms with van der Waals surface area (Å²) in [6, 6.07) is 14.1. The lowest BCUT2D eigenvalue weighted by atomic mass is 10.2. The van der Waals surface area contributed by atoms with Gasteiger partial charge in [-0.25, -0.2) is 10.8 Å². The van der Waals surface area contributed by atoms with Gasteiger partial charge in [0.25, 0.3) is 0 Å². The fourth-order valence-corrected chi connectivity index (χ4v) is 2.57. The maximum absolute atomic E-state index is 5.59. The van der Waals surface area contributed by atoms with E-state index in [4.69, 9.17) is 5.84 Å². The molecule has 3 N–H and O–H groups in total. The molecule has 100 valence electrons. The summed E-state index contributed by atoms with van der Waals surface area (Å²) in [5.41, 5.74) is 3.55. The highest BCUT2D eigenvalue weighted by Crippen LogP contribution is 2.23. The molecule has 2 rings (SSSR count). The van der Waals surface area contributed by atoms with E-state index < -0.39 is 0 Å². The molecule has 1 unspecified atom stereocenters. The number of hydrogen-bond acceptors (Lipinski definition) is 3. The van der Waals surface area contributed by atoms with Gasteiger partial charge in [-0.3, -0.25) is 5.43 Å². The van der Waals surface area contributed by atoms with Gasteiger partial charge in [-0.1, -0.05) is 24.3 Å². The highest BCUT2D eigenvalue weighted by atomic mass is 32.1. The highest BCUT2D eigenvalue weighted by Gasteiger charge is 2.15. The van der Waals surface area contributed by atoms with Gasteiger partial charge in [0.2, 0.25) is 5.96 Å². The molecule has 1 aromatic heterocycles. The molecular weight excluding hydrogens is 256 g/mol. The van der Waals surface area contributed by atoms with E-state index in [0.717, 1.165) is 5.69 Å². The van der Waals surface area contributed by atoms with Gasteiger partial charge in [0.05, 0.1) is 11.7 Å². The van der Waals surface area contributed by atoms with Crippen LogP contribution in [-0.4, -0.2) is 17.9 Å². The summed E-state index contributed by atoms with van der Waals surface area (Å²) in [4.78, 5) is 7.82. The molecule has 1 heterocycles. The molecule has 1 atom stereocenters. The molecule has 0 radical (unpaired) electrons. The van der Waals surface area contributed by atoms with Crippen LogP contribution in [-0.2, 0) is 0 Å². The lowest BCUT2D eigenvalue weighted by Gasteiger charge is -2.26. The number of thiophene rings is 1. The number of rotatable bonds is 3. The standard InChI is InChI=1S/C14H18N4S/c1-11(13-9-6-10-19-13)18(2)14(17-15)16-12-7-4-3-5-8-12/h3-11H,15H2,1-2H3,(H,16,17). The molecule has 0 fully saturated rings. The van der Waals surface area contributed by atoms with E-state index in [1.165, 1.54) is 4.88 Å². The minimum atomic E-state index is 0.221. The average Bonchev–Trinajstić information content (AvgIpc) is 2.98. The Balaban J connectivity index is 2.20. The van der Waals surface area contributed by atoms with Gasteiger partial charge in [-0.2, -0.15) is 0 Å². The van der Waals surface area contributed by atoms with Crippen molar-refractivity contribution in [1.82, 2.24) is 10.3 Å². The largest absolute Gasteiger partial charge is 0.337 e. The molecule has 0 aliphatic rings. The number of guanidine groups is 1. The predicted octanol–water partition coefficient (Wildman–Crippen LogP) is 2.89. The quantitative estimate of drug-likeness (QED) is 0.391. The summed E-state index contributed by atoms with van der Waals surface area (Å²) in [5.74, 6) is 6.24. The average molecular weight is 274 g/mol. The minimum Gasteiger partial charge on any atom is -0.337 e. The number of benzene rings is 1. The summed E-state index contributed by atoms with van der Waals surface area (Å²) in [5, 5.41) is 2.07. The molecule has 0 amide bonds. The maximum atomic E-state index is 5.59. The second-order valence-electron chi connectivity index (χ2n) is 4.22. The second kappa shape index (κ2) is 6.36. The van der Waals surface area contributed by atoms with E-state index in [1.54, 1.807) is 11.3 Å². The fraction of sp³-hybridized carbons (Fsp3) is 0.214. The first-order valence-electron chi connectivity index (χ1n) is 6.09. The Morgan fingerprint density at radius 3 is 2.58 bits per heavy atom. The van der Waals surface area contributed by atoms with Gasteiger partial charge in [0.1, 0.15) is 0 Å². The zero-order valence-corrected chi connectivity index (χ0v) is 11.9. The van der Waals surface area contributed by atoms with Crippen LogP contribution in [0.2, 0.25) is 0 Å². The van der Waals surface area contributed by atoms with Crippen LogP contribution in [0.4, 0.5) is 5.69 Å². The number of nitrogens with one attached hydrogen (secondary N) is 1. The van der Waals surface area contributed by atoms with Crippen LogP contribution in [0, 0.1) is 0 Å². The first kappa shape index (κ1) is 13.6. The van der Waals surface area contributed by atoms with Crippen molar-refractivity contribution in [3.05, 3.63) is 52.7 Å². The lowest BCUT2D eigenvalue weighted by molar-refractivity contribution is 0.394. The van der Waals surface area contributed by atoms with Crippen LogP contribution < -0.4 is 11.3 Å². The summed E-state index contributed by atoms with van der Waals surface area (Å²) >= 11 is 1.73. The van der Waals surface area contributed by atoms with Gasteiger partial charge >= 0.3 is 0 Å². The second-order valence-corrected chi connectivity index (χ2v) is 5.20. The number of para-hydroxylation sites is 1. The van der Waals surface area contributed by atoms with Gasteiger partial charge in [-0.15, -0.1) is 11.3 Å². The van der Waals surface area contributed by atoms with E-state index in [0.29, 0.717) is 5.96 Å². The first-order chi connectivity index (χ1) is 9.22. The topological polar surface area (TPSA) is 53.6 Å². The van der Waals surface area contributed by atoms with Gasteiger partial charge in [-0.05, 0) is 30.5 Å². The van der Waals surface area contributed by atoms with Crippen LogP contribution in [0.1, 0.15) is 17.8 Å². The molecule has 4 nitrogen and oxygen atoms in total. The molecule has 19 heavy (non-hydrogen) atoms. The smallest absolute Gasteiger partial charge is 0.213 e. The molecule has 0 aliphatic carbocycles. The van der Waals surface area contributed by atoms with E-state index in [1.807, 2.05) is 48.3 Å². The zero-order valence-electron chi connectivity index (χ0n) is 11.1. The Labute approximate surface area is 117 Å². The van der Waals surface area contributed by atoms with Crippen molar-refractivity contribution in [3.63, 3.8) is 0 Å². The van der Waals surface area contributed by atoms with Crippen molar-refractivity contribution < 1.29 is 0 Å². The molecule has 1 aromatic carbocycles. The van der Waals surface area contributed by atoms with Crippen molar-refractivity contribution in [2.45, 2.75) is 13.0 Å². The maximum Gasteiger partial charge on any atom is 0.213 e. The van der Waals surface area contributed by atoms with Crippen molar-refractivity contribution in [1.29, 1.82) is 0 Å². The third-order valence-electron chi connectivity index (χ3n) is 2.99. The summed E-state index contributed by atoms with van der Waals surface area (Å²) < 4.78 is 0. The van der Waals surface area contributed by atoms with Crippen LogP contribution in [0.3, 0.4) is 0 Å². The molecule has 0 aliphatic heterocycles. The summed E-state index contributed by atoms with van der Waals surface area (Å²) in [7, 11) is 1.98. The van der Waals surface area contributed by atoms with Crippen molar-refractivity contribution in [3.8, 4) is 0 Å². The van der Waals surface area contributed by atoms with Crippen molar-refractivity contribution in [2.75, 3.05) is 7.05 Å². The third kappa shape index (κ3) is 3.33. The molecule has 0 saturated carbocycles. The number of nitrogens with zero attached hydrogens (tertiary/aromatic N) is 2. The van der Waals surface area contributed by atoms with Gasteiger partial charge < -0.3 is 4.90 Å². The fourth-order valence-electron chi connectivity index (χ4n) is 1.74. The van der Waals surface area contributed by atoms with Crippen LogP contribution >= 0.6 is 11.3 Å². The van der Waals surface area contributed by atoms with Gasteiger partial charge in [0.15, 0.2) is 0 Å². The Bertz CT molecular complexity index is 522. The Morgan fingerprint density at radius 2 is 2.00 bits per heavy atom. The lowest BCUT2D eigenvalue weighted by Crippen LogP contribution is -2.43. The first-order valence-corrected chi connectivity index (χ1v) is 6.97. The van der Waals surface area contributed by atoms with E-state index >= 15 is 0 Å². The highest BCUT2D eigenvalue weighted by molar-refractivity contribution is 7.10. The molecule has 0 bridgehead atoms. The summed E-state index contributed by atoms with van der Waals surface area (Å²) in [6.45, 7) is 2.13. The zero-order chi connectivity index (χ0) is 13.7. The number of hydrazine groups is 1. The molecule has 0 spiro atoms. The van der Waals surface area contributed by atoms with E-state index in [-0.39, 0.29) is 6.04 Å². The Kier molecular flexibility index (Phi) is 4.54. The Hall–Kier alpha value is -1.85. The van der Waals surface area contributed by atoms with Crippen molar-refractivity contribution >= 4 is 23.0 Å². The van der Waals surface area contributed by atoms with E-state index in [2.05, 4.69) is 28.8 Å². The van der Waals surface area contributed by atoms with Crippen molar-refractivity contribution in [2.24, 2.45) is 10.8 Å². The van der Waals surface area contributed by atoms with Crippen LogP contribution in [0.15, 0.2) is 52.8 Å². The van der Waals surface area contributed by atoms with Crippen LogP contribution in [0.5, 0.6) is 0 Å². The normalized spacial score (nSPS) is 13.1. The monoisotopic (exact) mass is 274 g/mol. The SMILES string of the molecule is CC(c1cccs1)N(C)C(=Nc1ccccc1)NN.